The van der Waals surface area contributed by atoms with Gasteiger partial charge in [-0.1, -0.05) is 39.8 Å². The van der Waals surface area contributed by atoms with Gasteiger partial charge in [-0.2, -0.15) is 0 Å². The van der Waals surface area contributed by atoms with Crippen molar-refractivity contribution in [1.29, 1.82) is 0 Å². The Kier molecular flexibility index (Phi) is 5.65. The van der Waals surface area contributed by atoms with E-state index < -0.39 is 6.36 Å². The number of benzene rings is 2. The quantitative estimate of drug-likeness (QED) is 0.611. The summed E-state index contributed by atoms with van der Waals surface area (Å²) in [4.78, 5) is 0. The molecule has 0 aliphatic heterocycles. The first kappa shape index (κ1) is 19.2. The summed E-state index contributed by atoms with van der Waals surface area (Å²) in [7, 11) is 1.64. The maximum absolute atomic E-state index is 12.5. The maximum atomic E-state index is 12.5. The van der Waals surface area contributed by atoms with Crippen molar-refractivity contribution < 1.29 is 22.6 Å². The molecular formula is C20H23F3O2. The van der Waals surface area contributed by atoms with Gasteiger partial charge in [0.25, 0.3) is 0 Å². The third-order valence-corrected chi connectivity index (χ3v) is 4.00. The lowest BCUT2D eigenvalue weighted by atomic mass is 9.89. The summed E-state index contributed by atoms with van der Waals surface area (Å²) in [5.74, 6) is 1.07. The molecular weight excluding hydrogens is 329 g/mol. The molecule has 0 aliphatic rings. The molecule has 0 saturated carbocycles. The molecule has 2 nitrogen and oxygen atoms in total. The van der Waals surface area contributed by atoms with E-state index >= 15 is 0 Å². The van der Waals surface area contributed by atoms with Gasteiger partial charge < -0.3 is 9.47 Å². The molecule has 0 N–H and O–H groups in total. The Bertz CT molecular complexity index is 705. The second-order valence-corrected chi connectivity index (χ2v) is 6.57. The highest BCUT2D eigenvalue weighted by atomic mass is 19.4. The van der Waals surface area contributed by atoms with Gasteiger partial charge >= 0.3 is 6.36 Å². The minimum Gasteiger partial charge on any atom is -0.496 e. The number of ether oxygens (including phenoxy) is 2. The van der Waals surface area contributed by atoms with Gasteiger partial charge in [0.2, 0.25) is 0 Å². The van der Waals surface area contributed by atoms with Crippen molar-refractivity contribution in [3.05, 3.63) is 47.5 Å². The van der Waals surface area contributed by atoms with Crippen molar-refractivity contribution in [2.75, 3.05) is 7.11 Å². The smallest absolute Gasteiger partial charge is 0.496 e. The molecule has 0 bridgehead atoms. The van der Waals surface area contributed by atoms with Crippen LogP contribution in [0.1, 0.15) is 50.7 Å². The van der Waals surface area contributed by atoms with Crippen LogP contribution in [-0.2, 0) is 0 Å². The number of hydrogen-bond acceptors (Lipinski definition) is 2. The molecule has 2 rings (SSSR count). The summed E-state index contributed by atoms with van der Waals surface area (Å²) < 4.78 is 47.1. The summed E-state index contributed by atoms with van der Waals surface area (Å²) in [5.41, 5.74) is 3.59. The fraction of sp³-hybridized carbons (Fsp3) is 0.400. The molecule has 2 aromatic carbocycles. The van der Waals surface area contributed by atoms with Gasteiger partial charge in [-0.25, -0.2) is 0 Å². The van der Waals surface area contributed by atoms with Crippen LogP contribution in [0.4, 0.5) is 13.2 Å². The summed E-state index contributed by atoms with van der Waals surface area (Å²) >= 11 is 0. The molecule has 2 aromatic rings. The number of alkyl halides is 3. The average Bonchev–Trinajstić information content (AvgIpc) is 2.51. The third-order valence-electron chi connectivity index (χ3n) is 4.00. The van der Waals surface area contributed by atoms with Crippen LogP contribution in [0.5, 0.6) is 11.5 Å². The van der Waals surface area contributed by atoms with E-state index in [-0.39, 0.29) is 17.6 Å². The summed E-state index contributed by atoms with van der Waals surface area (Å²) in [6.07, 6.45) is -4.70. The van der Waals surface area contributed by atoms with Gasteiger partial charge in [0.15, 0.2) is 0 Å². The van der Waals surface area contributed by atoms with Gasteiger partial charge in [-0.05, 0) is 58.4 Å². The van der Waals surface area contributed by atoms with Gasteiger partial charge in [0.05, 0.1) is 7.11 Å². The topological polar surface area (TPSA) is 18.5 Å². The maximum Gasteiger partial charge on any atom is 0.573 e. The summed E-state index contributed by atoms with van der Waals surface area (Å²) in [6.45, 7) is 8.26. The normalized spacial score (nSPS) is 11.9. The van der Waals surface area contributed by atoms with E-state index in [1.807, 2.05) is 12.1 Å². The van der Waals surface area contributed by atoms with Crippen LogP contribution in [0.3, 0.4) is 0 Å². The minimum atomic E-state index is -4.70. The van der Waals surface area contributed by atoms with E-state index in [0.717, 1.165) is 22.4 Å². The predicted molar refractivity (Wildman–Crippen MR) is 93.3 cm³/mol. The molecule has 0 aromatic heterocycles. The van der Waals surface area contributed by atoms with E-state index in [0.29, 0.717) is 5.56 Å². The highest BCUT2D eigenvalue weighted by molar-refractivity contribution is 5.69. The summed E-state index contributed by atoms with van der Waals surface area (Å²) in [6, 6.07) is 9.99. The molecule has 5 heteroatoms. The van der Waals surface area contributed by atoms with Crippen LogP contribution in [0, 0.1) is 0 Å². The largest absolute Gasteiger partial charge is 0.573 e. The Morgan fingerprint density at radius 3 is 1.84 bits per heavy atom. The Balaban J connectivity index is 2.57. The first-order valence-corrected chi connectivity index (χ1v) is 8.20. The van der Waals surface area contributed by atoms with Gasteiger partial charge in [-0.3, -0.25) is 0 Å². The van der Waals surface area contributed by atoms with E-state index in [9.17, 15) is 13.2 Å². The molecule has 0 amide bonds. The minimum absolute atomic E-state index is 0.224. The Hall–Kier alpha value is -2.17. The Morgan fingerprint density at radius 2 is 1.40 bits per heavy atom. The van der Waals surface area contributed by atoms with E-state index in [1.54, 1.807) is 19.2 Å². The van der Waals surface area contributed by atoms with E-state index in [1.165, 1.54) is 12.1 Å². The van der Waals surface area contributed by atoms with Crippen LogP contribution in [-0.4, -0.2) is 13.5 Å². The predicted octanol–water partition coefficient (Wildman–Crippen LogP) is 6.51. The molecule has 0 fully saturated rings. The van der Waals surface area contributed by atoms with Crippen molar-refractivity contribution in [3.63, 3.8) is 0 Å². The van der Waals surface area contributed by atoms with Crippen molar-refractivity contribution in [2.24, 2.45) is 0 Å². The van der Waals surface area contributed by atoms with Crippen molar-refractivity contribution in [3.8, 4) is 22.6 Å². The molecule has 0 saturated heterocycles. The lowest BCUT2D eigenvalue weighted by Crippen LogP contribution is -2.17. The van der Waals surface area contributed by atoms with Crippen molar-refractivity contribution in [1.82, 2.24) is 0 Å². The highest BCUT2D eigenvalue weighted by Gasteiger charge is 2.31. The molecule has 25 heavy (non-hydrogen) atoms. The first-order chi connectivity index (χ1) is 11.6. The van der Waals surface area contributed by atoms with Gasteiger partial charge in [0, 0.05) is 0 Å². The molecule has 0 heterocycles. The zero-order valence-corrected chi connectivity index (χ0v) is 15.1. The van der Waals surface area contributed by atoms with Crippen LogP contribution < -0.4 is 9.47 Å². The molecule has 0 radical (unpaired) electrons. The lowest BCUT2D eigenvalue weighted by Gasteiger charge is -2.20. The zero-order valence-electron chi connectivity index (χ0n) is 15.1. The average molecular weight is 352 g/mol. The number of hydrogen-bond donors (Lipinski definition) is 0. The fourth-order valence-electron chi connectivity index (χ4n) is 2.81. The number of halogens is 3. The van der Waals surface area contributed by atoms with Gasteiger partial charge in [0.1, 0.15) is 11.5 Å². The molecule has 0 atom stereocenters. The Morgan fingerprint density at radius 1 is 0.840 bits per heavy atom. The standard InChI is InChI=1S/C20H23F3O2/c1-12(2)17-10-15(11-18(13(3)4)19(17)24-5)14-7-6-8-16(9-14)25-20(21,22)23/h6-13H,1-5H3. The zero-order chi connectivity index (χ0) is 18.8. The van der Waals surface area contributed by atoms with Crippen LogP contribution >= 0.6 is 0 Å². The fourth-order valence-corrected chi connectivity index (χ4v) is 2.81. The SMILES string of the molecule is COc1c(C(C)C)cc(-c2cccc(OC(F)(F)F)c2)cc1C(C)C. The summed E-state index contributed by atoms with van der Waals surface area (Å²) in [5, 5.41) is 0. The van der Waals surface area contributed by atoms with E-state index in [4.69, 9.17) is 4.74 Å². The second kappa shape index (κ2) is 7.38. The molecule has 0 unspecified atom stereocenters. The van der Waals surface area contributed by atoms with E-state index in [2.05, 4.69) is 32.4 Å². The molecule has 0 aliphatic carbocycles. The number of rotatable bonds is 5. The first-order valence-electron chi connectivity index (χ1n) is 8.20. The van der Waals surface area contributed by atoms with Crippen LogP contribution in [0.15, 0.2) is 36.4 Å². The lowest BCUT2D eigenvalue weighted by molar-refractivity contribution is -0.274. The van der Waals surface area contributed by atoms with Crippen LogP contribution in [0.25, 0.3) is 11.1 Å². The van der Waals surface area contributed by atoms with Crippen molar-refractivity contribution >= 4 is 0 Å². The third kappa shape index (κ3) is 4.68. The Labute approximate surface area is 146 Å². The monoisotopic (exact) mass is 352 g/mol. The molecule has 136 valence electrons. The van der Waals surface area contributed by atoms with Crippen LogP contribution in [0.2, 0.25) is 0 Å². The second-order valence-electron chi connectivity index (χ2n) is 6.57. The van der Waals surface area contributed by atoms with Crippen molar-refractivity contribution in [2.45, 2.75) is 45.9 Å². The molecule has 0 spiro atoms. The highest BCUT2D eigenvalue weighted by Crippen LogP contribution is 2.39. The van der Waals surface area contributed by atoms with Gasteiger partial charge in [-0.15, -0.1) is 13.2 Å². The number of methoxy groups -OCH3 is 1.